The molecule has 10 aromatic rings. The zero-order valence-corrected chi connectivity index (χ0v) is 29.5. The molecule has 0 aliphatic carbocycles. The van der Waals surface area contributed by atoms with Gasteiger partial charge in [-0.3, -0.25) is 4.98 Å². The maximum Gasteiger partial charge on any atom is 0.160 e. The Morgan fingerprint density at radius 3 is 1.77 bits per heavy atom. The molecule has 0 radical (unpaired) electrons. The third-order valence-electron chi connectivity index (χ3n) is 9.95. The summed E-state index contributed by atoms with van der Waals surface area (Å²) in [5.74, 6) is 0.691. The van der Waals surface area contributed by atoms with Crippen LogP contribution < -0.4 is 0 Å². The molecule has 0 spiro atoms. The number of nitrogens with zero attached hydrogens (tertiary/aromatic N) is 3. The normalized spacial score (nSPS) is 11.4. The highest BCUT2D eigenvalue weighted by molar-refractivity contribution is 7.25. The van der Waals surface area contributed by atoms with E-state index in [2.05, 4.69) is 151 Å². The van der Waals surface area contributed by atoms with Gasteiger partial charge in [-0.1, -0.05) is 109 Å². The molecule has 0 N–H and O–H groups in total. The molecule has 0 saturated carbocycles. The number of thiophene rings is 1. The summed E-state index contributed by atoms with van der Waals surface area (Å²) >= 11 is 1.85. The Kier molecular flexibility index (Phi) is 7.67. The van der Waals surface area contributed by atoms with E-state index in [1.165, 1.54) is 36.5 Å². The third-order valence-corrected chi connectivity index (χ3v) is 11.1. The first-order valence-electron chi connectivity index (χ1n) is 17.7. The number of aromatic nitrogens is 3. The molecule has 0 bridgehead atoms. The summed E-state index contributed by atoms with van der Waals surface area (Å²) in [6.45, 7) is 0. The minimum Gasteiger partial charge on any atom is -0.265 e. The highest BCUT2D eigenvalue weighted by atomic mass is 32.1. The summed E-state index contributed by atoms with van der Waals surface area (Å²) in [7, 11) is 0. The summed E-state index contributed by atoms with van der Waals surface area (Å²) in [5.41, 5.74) is 11.6. The van der Waals surface area contributed by atoms with Crippen molar-refractivity contribution in [2.45, 2.75) is 0 Å². The first-order chi connectivity index (χ1) is 26.2. The SMILES string of the molecule is c1ccc(-c2nc(-c3cccc(-c4ccncc4)c3)cc(-c3cc(-c4ccc5ccccc5c4)cc(-c4ccc5sc6ccccc6c5c4)c3)n2)cc1. The summed E-state index contributed by atoms with van der Waals surface area (Å²) in [6, 6.07) is 62.7. The summed E-state index contributed by atoms with van der Waals surface area (Å²) in [6.07, 6.45) is 3.66. The Hall–Kier alpha value is -6.75. The second-order valence-electron chi connectivity index (χ2n) is 13.3. The Labute approximate surface area is 311 Å². The van der Waals surface area contributed by atoms with Crippen LogP contribution >= 0.6 is 11.3 Å². The molecule has 10 rings (SSSR count). The highest BCUT2D eigenvalue weighted by Crippen LogP contribution is 2.39. The Morgan fingerprint density at radius 1 is 0.321 bits per heavy atom. The van der Waals surface area contributed by atoms with Crippen molar-refractivity contribution in [3.63, 3.8) is 0 Å². The standard InChI is InChI=1S/C49H31N3S/c1-2-10-34(11-3-1)49-51-45(39-14-8-13-36(26-39)33-21-23-50-24-22-33)31-46(52-49)42-28-40(37-18-17-32-9-4-5-12-35(32)25-37)27-41(29-42)38-19-20-48-44(30-38)43-15-6-7-16-47(43)53-48/h1-31H. The first kappa shape index (κ1) is 31.0. The van der Waals surface area contributed by atoms with E-state index in [0.717, 1.165) is 55.9 Å². The van der Waals surface area contributed by atoms with Gasteiger partial charge in [0.25, 0.3) is 0 Å². The first-order valence-corrected chi connectivity index (χ1v) is 18.6. The summed E-state index contributed by atoms with van der Waals surface area (Å²) in [5, 5.41) is 5.02. The maximum atomic E-state index is 5.26. The fourth-order valence-electron chi connectivity index (χ4n) is 7.25. The second-order valence-corrected chi connectivity index (χ2v) is 14.4. The van der Waals surface area contributed by atoms with Gasteiger partial charge in [-0.15, -0.1) is 11.3 Å². The van der Waals surface area contributed by atoms with Gasteiger partial charge in [0, 0.05) is 49.3 Å². The molecule has 248 valence electrons. The van der Waals surface area contributed by atoms with Crippen LogP contribution in [-0.4, -0.2) is 15.0 Å². The molecule has 53 heavy (non-hydrogen) atoms. The average molecular weight is 694 g/mol. The Balaban J connectivity index is 1.19. The van der Waals surface area contributed by atoms with Crippen molar-refractivity contribution >= 4 is 42.3 Å². The number of hydrogen-bond acceptors (Lipinski definition) is 4. The third kappa shape index (κ3) is 5.95. The molecule has 7 aromatic carbocycles. The van der Waals surface area contributed by atoms with E-state index in [4.69, 9.17) is 9.97 Å². The van der Waals surface area contributed by atoms with Crippen LogP contribution in [0, 0.1) is 0 Å². The van der Waals surface area contributed by atoms with Gasteiger partial charge in [0.2, 0.25) is 0 Å². The minimum atomic E-state index is 0.691. The average Bonchev–Trinajstić information content (AvgIpc) is 3.62. The van der Waals surface area contributed by atoms with Crippen LogP contribution in [0.25, 0.3) is 98.2 Å². The van der Waals surface area contributed by atoms with Gasteiger partial charge in [-0.05, 0) is 111 Å². The molecule has 3 nitrogen and oxygen atoms in total. The van der Waals surface area contributed by atoms with E-state index in [1.54, 1.807) is 0 Å². The zero-order valence-electron chi connectivity index (χ0n) is 28.6. The van der Waals surface area contributed by atoms with Crippen molar-refractivity contribution in [2.24, 2.45) is 0 Å². The van der Waals surface area contributed by atoms with Gasteiger partial charge >= 0.3 is 0 Å². The van der Waals surface area contributed by atoms with Gasteiger partial charge in [-0.2, -0.15) is 0 Å². The number of rotatable bonds is 6. The lowest BCUT2D eigenvalue weighted by Gasteiger charge is -2.14. The lowest BCUT2D eigenvalue weighted by Crippen LogP contribution is -1.97. The van der Waals surface area contributed by atoms with Crippen molar-refractivity contribution in [1.29, 1.82) is 0 Å². The van der Waals surface area contributed by atoms with Crippen LogP contribution in [0.15, 0.2) is 188 Å². The van der Waals surface area contributed by atoms with Crippen LogP contribution in [0.3, 0.4) is 0 Å². The fraction of sp³-hybridized carbons (Fsp3) is 0. The molecule has 3 aromatic heterocycles. The maximum absolute atomic E-state index is 5.26. The van der Waals surface area contributed by atoms with Gasteiger partial charge in [0.15, 0.2) is 5.82 Å². The molecule has 0 fully saturated rings. The molecular formula is C49H31N3S. The number of pyridine rings is 1. The van der Waals surface area contributed by atoms with Gasteiger partial charge in [0.05, 0.1) is 11.4 Å². The van der Waals surface area contributed by atoms with Gasteiger partial charge in [-0.25, -0.2) is 9.97 Å². The summed E-state index contributed by atoms with van der Waals surface area (Å²) in [4.78, 5) is 14.6. The van der Waals surface area contributed by atoms with Crippen molar-refractivity contribution in [2.75, 3.05) is 0 Å². The Bertz CT molecular complexity index is 2950. The minimum absolute atomic E-state index is 0.691. The van der Waals surface area contributed by atoms with E-state index < -0.39 is 0 Å². The Morgan fingerprint density at radius 2 is 0.925 bits per heavy atom. The van der Waals surface area contributed by atoms with E-state index in [1.807, 2.05) is 54.1 Å². The largest absolute Gasteiger partial charge is 0.265 e. The number of fused-ring (bicyclic) bond motifs is 4. The lowest BCUT2D eigenvalue weighted by atomic mass is 9.93. The molecule has 0 aliphatic rings. The van der Waals surface area contributed by atoms with Gasteiger partial charge in [0.1, 0.15) is 0 Å². The summed E-state index contributed by atoms with van der Waals surface area (Å²) < 4.78 is 2.60. The molecule has 0 atom stereocenters. The molecule has 4 heteroatoms. The van der Waals surface area contributed by atoms with Crippen LogP contribution in [0.1, 0.15) is 0 Å². The van der Waals surface area contributed by atoms with Crippen molar-refractivity contribution < 1.29 is 0 Å². The van der Waals surface area contributed by atoms with E-state index in [-0.39, 0.29) is 0 Å². The number of benzene rings is 7. The lowest BCUT2D eigenvalue weighted by molar-refractivity contribution is 1.18. The molecule has 3 heterocycles. The zero-order chi connectivity index (χ0) is 35.1. The molecular weight excluding hydrogens is 663 g/mol. The quantitative estimate of drug-likeness (QED) is 0.174. The van der Waals surface area contributed by atoms with Crippen molar-refractivity contribution in [3.8, 4) is 67.3 Å². The van der Waals surface area contributed by atoms with Crippen LogP contribution in [0.2, 0.25) is 0 Å². The molecule has 0 amide bonds. The highest BCUT2D eigenvalue weighted by Gasteiger charge is 2.15. The molecule has 0 saturated heterocycles. The van der Waals surface area contributed by atoms with E-state index in [0.29, 0.717) is 5.82 Å². The van der Waals surface area contributed by atoms with Gasteiger partial charge < -0.3 is 0 Å². The number of hydrogen-bond donors (Lipinski definition) is 0. The predicted molar refractivity (Wildman–Crippen MR) is 223 cm³/mol. The second kappa shape index (κ2) is 13.1. The van der Waals surface area contributed by atoms with Crippen molar-refractivity contribution in [1.82, 2.24) is 15.0 Å². The van der Waals surface area contributed by atoms with Crippen LogP contribution in [-0.2, 0) is 0 Å². The van der Waals surface area contributed by atoms with Crippen LogP contribution in [0.5, 0.6) is 0 Å². The molecule has 0 unspecified atom stereocenters. The predicted octanol–water partition coefficient (Wildman–Crippen LogP) is 13.4. The fourth-order valence-corrected chi connectivity index (χ4v) is 8.33. The van der Waals surface area contributed by atoms with E-state index in [9.17, 15) is 0 Å². The smallest absolute Gasteiger partial charge is 0.160 e. The van der Waals surface area contributed by atoms with Crippen LogP contribution in [0.4, 0.5) is 0 Å². The molecule has 0 aliphatic heterocycles. The topological polar surface area (TPSA) is 38.7 Å². The van der Waals surface area contributed by atoms with E-state index >= 15 is 0 Å². The van der Waals surface area contributed by atoms with Crippen molar-refractivity contribution in [3.05, 3.63) is 188 Å². The monoisotopic (exact) mass is 693 g/mol.